The molecule has 0 aromatic heterocycles. The van der Waals surface area contributed by atoms with Crippen molar-refractivity contribution in [3.63, 3.8) is 0 Å². The van der Waals surface area contributed by atoms with Crippen molar-refractivity contribution in [2.45, 2.75) is 51.8 Å². The second-order valence-electron chi connectivity index (χ2n) is 8.76. The number of aliphatic hydroxyl groups is 1. The molecular formula is C25H29N3O5. The van der Waals surface area contributed by atoms with Crippen molar-refractivity contribution in [3.8, 4) is 0 Å². The van der Waals surface area contributed by atoms with Crippen molar-refractivity contribution in [1.82, 2.24) is 5.32 Å². The van der Waals surface area contributed by atoms with E-state index in [2.05, 4.69) is 16.0 Å². The van der Waals surface area contributed by atoms with Crippen molar-refractivity contribution >= 4 is 29.2 Å². The second-order valence-corrected chi connectivity index (χ2v) is 8.76. The van der Waals surface area contributed by atoms with Crippen LogP contribution in [-0.2, 0) is 19.9 Å². The van der Waals surface area contributed by atoms with Gasteiger partial charge in [0.2, 0.25) is 11.8 Å². The molecule has 4 atom stereocenters. The predicted octanol–water partition coefficient (Wildman–Crippen LogP) is 2.63. The fourth-order valence-electron chi connectivity index (χ4n) is 4.77. The summed E-state index contributed by atoms with van der Waals surface area (Å²) in [6.45, 7) is 7.57. The summed E-state index contributed by atoms with van der Waals surface area (Å²) in [7, 11) is 0. The van der Waals surface area contributed by atoms with Gasteiger partial charge in [-0.3, -0.25) is 14.9 Å². The van der Waals surface area contributed by atoms with Gasteiger partial charge in [0, 0.05) is 23.0 Å². The van der Waals surface area contributed by atoms with Crippen molar-refractivity contribution in [2.75, 3.05) is 17.2 Å². The zero-order valence-corrected chi connectivity index (χ0v) is 19.2. The molecule has 2 aliphatic rings. The molecule has 2 amide bonds. The summed E-state index contributed by atoms with van der Waals surface area (Å²) in [5, 5.41) is 19.4. The molecule has 4 rings (SSSR count). The first-order valence-corrected chi connectivity index (χ1v) is 11.1. The van der Waals surface area contributed by atoms with Crippen LogP contribution in [-0.4, -0.2) is 41.6 Å². The van der Waals surface area contributed by atoms with E-state index >= 15 is 0 Å². The molecule has 1 fully saturated rings. The van der Waals surface area contributed by atoms with Gasteiger partial charge in [0.15, 0.2) is 0 Å². The van der Waals surface area contributed by atoms with Crippen LogP contribution in [0.5, 0.6) is 0 Å². The Hall–Kier alpha value is -3.23. The van der Waals surface area contributed by atoms with E-state index in [9.17, 15) is 19.5 Å². The van der Waals surface area contributed by atoms with Crippen LogP contribution < -0.4 is 16.0 Å². The lowest BCUT2D eigenvalue weighted by Gasteiger charge is -2.29. The number of fused-ring (bicyclic) bond motifs is 2. The Bertz CT molecular complexity index is 1110. The molecule has 174 valence electrons. The summed E-state index contributed by atoms with van der Waals surface area (Å²) in [6, 6.07) is 9.81. The Morgan fingerprint density at radius 2 is 1.91 bits per heavy atom. The van der Waals surface area contributed by atoms with Gasteiger partial charge in [0.25, 0.3) is 0 Å². The molecule has 0 radical (unpaired) electrons. The Balaban J connectivity index is 1.66. The maximum Gasteiger partial charge on any atom is 0.338 e. The SMILES string of the molecule is CCOC(=O)c1ccc(NC(=O)[C@@H]2C[C@H]([C@H](C)O)N[C@@]23C(=O)Nc2c3ccc(C)c2C)cc1. The van der Waals surface area contributed by atoms with Crippen LogP contribution in [0.25, 0.3) is 0 Å². The lowest BCUT2D eigenvalue weighted by Crippen LogP contribution is -2.53. The molecule has 0 saturated carbocycles. The number of nitrogens with one attached hydrogen (secondary N) is 3. The molecule has 0 aliphatic carbocycles. The van der Waals surface area contributed by atoms with E-state index in [1.54, 1.807) is 38.1 Å². The maximum absolute atomic E-state index is 13.5. The third-order valence-electron chi connectivity index (χ3n) is 6.75. The number of hydrogen-bond acceptors (Lipinski definition) is 6. The monoisotopic (exact) mass is 451 g/mol. The smallest absolute Gasteiger partial charge is 0.338 e. The zero-order valence-electron chi connectivity index (χ0n) is 19.2. The van der Waals surface area contributed by atoms with E-state index in [-0.39, 0.29) is 18.4 Å². The molecular weight excluding hydrogens is 422 g/mol. The minimum Gasteiger partial charge on any atom is -0.462 e. The van der Waals surface area contributed by atoms with Crippen molar-refractivity contribution in [1.29, 1.82) is 0 Å². The molecule has 2 aromatic rings. The highest BCUT2D eigenvalue weighted by molar-refractivity contribution is 6.11. The standard InChI is InChI=1S/C25H29N3O5/c1-5-33-23(31)16-7-9-17(10-8-16)26-22(30)19-12-20(15(4)29)28-25(19)18-11-6-13(2)14(3)21(18)27-24(25)32/h6-11,15,19-20,28-29H,5,12H2,1-4H3,(H,26,30)(H,27,32)/t15-,19-,20+,25+/m0/s1. The van der Waals surface area contributed by atoms with Gasteiger partial charge in [-0.05, 0) is 69.5 Å². The summed E-state index contributed by atoms with van der Waals surface area (Å²) in [5.41, 5.74) is 3.05. The molecule has 2 aromatic carbocycles. The van der Waals surface area contributed by atoms with Gasteiger partial charge >= 0.3 is 5.97 Å². The van der Waals surface area contributed by atoms with Crippen molar-refractivity contribution < 1.29 is 24.2 Å². The highest BCUT2D eigenvalue weighted by Crippen LogP contribution is 2.49. The molecule has 0 unspecified atom stereocenters. The minimum absolute atomic E-state index is 0.279. The van der Waals surface area contributed by atoms with Gasteiger partial charge in [-0.15, -0.1) is 0 Å². The normalized spacial score (nSPS) is 24.3. The van der Waals surface area contributed by atoms with Gasteiger partial charge in [0.05, 0.1) is 24.2 Å². The number of esters is 1. The largest absolute Gasteiger partial charge is 0.462 e. The average Bonchev–Trinajstić information content (AvgIpc) is 3.32. The third kappa shape index (κ3) is 3.79. The van der Waals surface area contributed by atoms with Gasteiger partial charge in [-0.2, -0.15) is 0 Å². The maximum atomic E-state index is 13.5. The first-order valence-electron chi connectivity index (χ1n) is 11.1. The first kappa shape index (κ1) is 22.9. The lowest BCUT2D eigenvalue weighted by molar-refractivity contribution is -0.130. The van der Waals surface area contributed by atoms with Gasteiger partial charge in [-0.25, -0.2) is 4.79 Å². The quantitative estimate of drug-likeness (QED) is 0.520. The molecule has 1 saturated heterocycles. The summed E-state index contributed by atoms with van der Waals surface area (Å²) in [5.74, 6) is -1.81. The number of anilines is 2. The number of hydrogen-bond donors (Lipinski definition) is 4. The van der Waals surface area contributed by atoms with Crippen LogP contribution in [0.4, 0.5) is 11.4 Å². The van der Waals surface area contributed by atoms with Crippen LogP contribution in [0.3, 0.4) is 0 Å². The summed E-state index contributed by atoms with van der Waals surface area (Å²) < 4.78 is 4.99. The number of carbonyl (C=O) groups is 3. The number of amides is 2. The number of aryl methyl sites for hydroxylation is 1. The third-order valence-corrected chi connectivity index (χ3v) is 6.75. The number of rotatable bonds is 5. The zero-order chi connectivity index (χ0) is 23.9. The van der Waals surface area contributed by atoms with E-state index in [4.69, 9.17) is 4.74 Å². The fourth-order valence-corrected chi connectivity index (χ4v) is 4.77. The van der Waals surface area contributed by atoms with Crippen LogP contribution in [0, 0.1) is 19.8 Å². The van der Waals surface area contributed by atoms with Gasteiger partial charge in [-0.1, -0.05) is 12.1 Å². The number of carbonyl (C=O) groups excluding carboxylic acids is 3. The highest BCUT2D eigenvalue weighted by Gasteiger charge is 2.61. The minimum atomic E-state index is -1.27. The van der Waals surface area contributed by atoms with E-state index in [0.29, 0.717) is 17.7 Å². The molecule has 8 nitrogen and oxygen atoms in total. The lowest BCUT2D eigenvalue weighted by atomic mass is 9.78. The first-order chi connectivity index (χ1) is 15.7. The van der Waals surface area contributed by atoms with Crippen molar-refractivity contribution in [2.24, 2.45) is 5.92 Å². The average molecular weight is 452 g/mol. The van der Waals surface area contributed by atoms with E-state index in [1.165, 1.54) is 0 Å². The Morgan fingerprint density at radius 1 is 1.21 bits per heavy atom. The molecule has 33 heavy (non-hydrogen) atoms. The number of benzene rings is 2. The second kappa shape index (κ2) is 8.61. The van der Waals surface area contributed by atoms with Gasteiger partial charge in [0.1, 0.15) is 5.54 Å². The summed E-state index contributed by atoms with van der Waals surface area (Å²) in [6.07, 6.45) is -0.448. The summed E-state index contributed by atoms with van der Waals surface area (Å²) >= 11 is 0. The van der Waals surface area contributed by atoms with Crippen LogP contribution in [0.15, 0.2) is 36.4 Å². The molecule has 0 bridgehead atoms. The summed E-state index contributed by atoms with van der Waals surface area (Å²) in [4.78, 5) is 38.7. The van der Waals surface area contributed by atoms with Crippen molar-refractivity contribution in [3.05, 3.63) is 58.7 Å². The van der Waals surface area contributed by atoms with E-state index in [0.717, 1.165) is 22.4 Å². The highest BCUT2D eigenvalue weighted by atomic mass is 16.5. The molecule has 4 N–H and O–H groups in total. The number of ether oxygens (including phenoxy) is 1. The molecule has 2 aliphatic heterocycles. The molecule has 2 heterocycles. The number of aliphatic hydroxyl groups excluding tert-OH is 1. The Morgan fingerprint density at radius 3 is 2.55 bits per heavy atom. The van der Waals surface area contributed by atoms with Crippen LogP contribution in [0.1, 0.15) is 47.3 Å². The topological polar surface area (TPSA) is 117 Å². The van der Waals surface area contributed by atoms with E-state index < -0.39 is 29.6 Å². The Kier molecular flexibility index (Phi) is 5.99. The Labute approximate surface area is 192 Å². The van der Waals surface area contributed by atoms with Crippen LogP contribution in [0.2, 0.25) is 0 Å². The molecule has 8 heteroatoms. The fraction of sp³-hybridized carbons (Fsp3) is 0.400. The predicted molar refractivity (Wildman–Crippen MR) is 124 cm³/mol. The van der Waals surface area contributed by atoms with E-state index in [1.807, 2.05) is 26.0 Å². The molecule has 1 spiro atoms. The van der Waals surface area contributed by atoms with Gasteiger partial charge < -0.3 is 20.5 Å². The van der Waals surface area contributed by atoms with Crippen LogP contribution >= 0.6 is 0 Å².